The highest BCUT2D eigenvalue weighted by atomic mass is 16.5. The lowest BCUT2D eigenvalue weighted by Crippen LogP contribution is -2.46. The van der Waals surface area contributed by atoms with Gasteiger partial charge in [0.2, 0.25) is 5.91 Å². The highest BCUT2D eigenvalue weighted by Gasteiger charge is 2.24. The van der Waals surface area contributed by atoms with Gasteiger partial charge in [0.1, 0.15) is 6.10 Å². The molecule has 0 radical (unpaired) electrons. The predicted molar refractivity (Wildman–Crippen MR) is 255 cm³/mol. The lowest BCUT2D eigenvalue weighted by atomic mass is 10.0. The van der Waals surface area contributed by atoms with Crippen LogP contribution in [0.15, 0.2) is 24.3 Å². The van der Waals surface area contributed by atoms with Crippen molar-refractivity contribution in [2.75, 3.05) is 6.61 Å². The van der Waals surface area contributed by atoms with Gasteiger partial charge in [-0.05, 0) is 57.8 Å². The van der Waals surface area contributed by atoms with Gasteiger partial charge >= 0.3 is 5.97 Å². The van der Waals surface area contributed by atoms with Gasteiger partial charge < -0.3 is 20.3 Å². The van der Waals surface area contributed by atoms with Crippen molar-refractivity contribution >= 4 is 11.9 Å². The van der Waals surface area contributed by atoms with Crippen molar-refractivity contribution in [3.8, 4) is 0 Å². The van der Waals surface area contributed by atoms with Crippen LogP contribution < -0.4 is 5.32 Å². The molecule has 0 rings (SSSR count). The van der Waals surface area contributed by atoms with Crippen LogP contribution in [-0.2, 0) is 14.3 Å². The number of hydrogen-bond donors (Lipinski definition) is 3. The van der Waals surface area contributed by atoms with E-state index < -0.39 is 18.2 Å². The molecule has 0 bridgehead atoms. The van der Waals surface area contributed by atoms with Crippen molar-refractivity contribution in [2.24, 2.45) is 0 Å². The molecule has 0 aliphatic heterocycles. The van der Waals surface area contributed by atoms with Gasteiger partial charge in [-0.15, -0.1) is 0 Å². The van der Waals surface area contributed by atoms with Crippen molar-refractivity contribution in [1.29, 1.82) is 0 Å². The van der Waals surface area contributed by atoms with Crippen LogP contribution in [0.1, 0.15) is 278 Å². The topological polar surface area (TPSA) is 95.9 Å². The number of amides is 1. The van der Waals surface area contributed by atoms with E-state index in [1.165, 1.54) is 161 Å². The number of esters is 1. The molecule has 1 amide bonds. The van der Waals surface area contributed by atoms with E-state index in [0.29, 0.717) is 19.3 Å². The number of hydrogen-bond acceptors (Lipinski definition) is 5. The first-order valence-electron chi connectivity index (χ1n) is 26.1. The second-order valence-corrected chi connectivity index (χ2v) is 17.9. The van der Waals surface area contributed by atoms with Gasteiger partial charge in [0, 0.05) is 6.42 Å². The van der Waals surface area contributed by atoms with E-state index in [4.69, 9.17) is 4.74 Å². The normalized spacial score (nSPS) is 13.4. The summed E-state index contributed by atoms with van der Waals surface area (Å²) in [7, 11) is 0. The Bertz CT molecular complexity index is 935. The molecule has 59 heavy (non-hydrogen) atoms. The maximum atomic E-state index is 13.2. The summed E-state index contributed by atoms with van der Waals surface area (Å²) in [5.41, 5.74) is 0. The molecule has 0 saturated heterocycles. The third-order valence-electron chi connectivity index (χ3n) is 12.0. The largest absolute Gasteiger partial charge is 0.462 e. The molecule has 0 aliphatic carbocycles. The Labute approximate surface area is 367 Å². The molecule has 6 nitrogen and oxygen atoms in total. The van der Waals surface area contributed by atoms with Crippen molar-refractivity contribution in [1.82, 2.24) is 5.32 Å². The molecule has 348 valence electrons. The number of carbonyl (C=O) groups is 2. The third-order valence-corrected chi connectivity index (χ3v) is 12.0. The minimum atomic E-state index is -0.784. The molecule has 6 heteroatoms. The predicted octanol–water partition coefficient (Wildman–Crippen LogP) is 15.5. The van der Waals surface area contributed by atoms with E-state index in [1.807, 2.05) is 0 Å². The van der Waals surface area contributed by atoms with Gasteiger partial charge in [-0.25, -0.2) is 0 Å². The van der Waals surface area contributed by atoms with Crippen LogP contribution in [0.4, 0.5) is 0 Å². The van der Waals surface area contributed by atoms with Gasteiger partial charge in [0.25, 0.3) is 0 Å². The van der Waals surface area contributed by atoms with E-state index in [9.17, 15) is 19.8 Å². The summed E-state index contributed by atoms with van der Waals surface area (Å²) in [5.74, 6) is -0.468. The SMILES string of the molecule is CCCCC/C=C\C/C=C\CCCCCCCCCC(CC(=O)NC(CO)C(O)CCCCCCCCCCCC)OC(=O)CCCCCCCCCCCCCCC. The van der Waals surface area contributed by atoms with Gasteiger partial charge in [0.05, 0.1) is 25.2 Å². The number of nitrogens with one attached hydrogen (secondary N) is 1. The molecule has 0 aromatic rings. The molecule has 0 aliphatic rings. The van der Waals surface area contributed by atoms with Crippen molar-refractivity contribution in [2.45, 2.75) is 296 Å². The van der Waals surface area contributed by atoms with Gasteiger partial charge in [0.15, 0.2) is 0 Å². The van der Waals surface area contributed by atoms with Crippen LogP contribution in [0.25, 0.3) is 0 Å². The summed E-state index contributed by atoms with van der Waals surface area (Å²) in [5, 5.41) is 23.7. The molecule has 0 heterocycles. The van der Waals surface area contributed by atoms with Gasteiger partial charge in [-0.2, -0.15) is 0 Å². The molecule has 3 atom stereocenters. The zero-order valence-electron chi connectivity index (χ0n) is 39.7. The monoisotopic (exact) mass is 832 g/mol. The molecule has 0 aromatic heterocycles. The maximum absolute atomic E-state index is 13.2. The Morgan fingerprint density at radius 2 is 0.864 bits per heavy atom. The standard InChI is InChI=1S/C53H101NO5/c1-4-7-10-13-16-19-22-24-25-26-27-29-30-32-35-38-41-44-49(59-53(58)46-43-40-37-34-31-28-23-20-17-14-11-8-5-2)47-52(57)54-50(48-55)51(56)45-42-39-36-33-21-18-15-12-9-6-3/h16,19,24-25,49-51,55-56H,4-15,17-18,20-23,26-48H2,1-3H3,(H,54,57)/b19-16-,25-24-. The Hall–Kier alpha value is -1.66. The Morgan fingerprint density at radius 3 is 1.32 bits per heavy atom. The smallest absolute Gasteiger partial charge is 0.306 e. The molecule has 3 unspecified atom stereocenters. The zero-order chi connectivity index (χ0) is 43.1. The lowest BCUT2D eigenvalue weighted by molar-refractivity contribution is -0.151. The number of ether oxygens (including phenoxy) is 1. The number of unbranched alkanes of at least 4 members (excludes halogenated alkanes) is 31. The number of carbonyl (C=O) groups excluding carboxylic acids is 2. The second kappa shape index (κ2) is 47.4. The average Bonchev–Trinajstić information content (AvgIpc) is 3.23. The summed E-state index contributed by atoms with van der Waals surface area (Å²) in [6, 6.07) is -0.698. The molecule has 0 saturated carbocycles. The summed E-state index contributed by atoms with van der Waals surface area (Å²) in [4.78, 5) is 26.1. The van der Waals surface area contributed by atoms with Crippen LogP contribution in [0.2, 0.25) is 0 Å². The summed E-state index contributed by atoms with van der Waals surface area (Å²) in [6.45, 7) is 6.46. The highest BCUT2D eigenvalue weighted by molar-refractivity contribution is 5.77. The average molecular weight is 832 g/mol. The van der Waals surface area contributed by atoms with E-state index in [0.717, 1.165) is 70.6 Å². The molecular formula is C53H101NO5. The highest BCUT2D eigenvalue weighted by Crippen LogP contribution is 2.18. The fourth-order valence-electron chi connectivity index (χ4n) is 8.05. The van der Waals surface area contributed by atoms with Crippen LogP contribution in [0.3, 0.4) is 0 Å². The lowest BCUT2D eigenvalue weighted by Gasteiger charge is -2.24. The summed E-state index contributed by atoms with van der Waals surface area (Å²) >= 11 is 0. The number of allylic oxidation sites excluding steroid dienone is 4. The third kappa shape index (κ3) is 42.8. The number of rotatable bonds is 47. The zero-order valence-corrected chi connectivity index (χ0v) is 39.7. The minimum Gasteiger partial charge on any atom is -0.462 e. The maximum Gasteiger partial charge on any atom is 0.306 e. The Balaban J connectivity index is 4.57. The molecule has 0 aromatic carbocycles. The summed E-state index contributed by atoms with van der Waals surface area (Å²) < 4.78 is 5.94. The molecule has 0 spiro atoms. The van der Waals surface area contributed by atoms with Gasteiger partial charge in [-0.3, -0.25) is 9.59 Å². The quantitative estimate of drug-likeness (QED) is 0.0322. The van der Waals surface area contributed by atoms with Crippen LogP contribution in [0, 0.1) is 0 Å². The van der Waals surface area contributed by atoms with E-state index in [1.54, 1.807) is 0 Å². The fraction of sp³-hybridized carbons (Fsp3) is 0.887. The number of aliphatic hydroxyl groups is 2. The first kappa shape index (κ1) is 57.3. The minimum absolute atomic E-state index is 0.0774. The molecule has 0 fully saturated rings. The summed E-state index contributed by atoms with van der Waals surface area (Å²) in [6.07, 6.45) is 53.8. The van der Waals surface area contributed by atoms with Crippen molar-refractivity contribution < 1.29 is 24.5 Å². The van der Waals surface area contributed by atoms with Crippen molar-refractivity contribution in [3.63, 3.8) is 0 Å². The number of aliphatic hydroxyl groups excluding tert-OH is 2. The first-order valence-corrected chi connectivity index (χ1v) is 26.1. The molecular weight excluding hydrogens is 731 g/mol. The second-order valence-electron chi connectivity index (χ2n) is 17.9. The van der Waals surface area contributed by atoms with E-state index >= 15 is 0 Å². The van der Waals surface area contributed by atoms with E-state index in [2.05, 4.69) is 50.4 Å². The van der Waals surface area contributed by atoms with Crippen LogP contribution >= 0.6 is 0 Å². The fourth-order valence-corrected chi connectivity index (χ4v) is 8.05. The first-order chi connectivity index (χ1) is 29.0. The Kier molecular flexibility index (Phi) is 46.1. The Morgan fingerprint density at radius 1 is 0.492 bits per heavy atom. The molecule has 3 N–H and O–H groups in total. The van der Waals surface area contributed by atoms with Crippen LogP contribution in [-0.4, -0.2) is 46.9 Å². The van der Waals surface area contributed by atoms with Gasteiger partial charge in [-0.1, -0.05) is 231 Å². The van der Waals surface area contributed by atoms with E-state index in [-0.39, 0.29) is 24.9 Å². The van der Waals surface area contributed by atoms with Crippen LogP contribution in [0.5, 0.6) is 0 Å². The van der Waals surface area contributed by atoms with Crippen molar-refractivity contribution in [3.05, 3.63) is 24.3 Å².